The molecule has 0 spiro atoms. The molecule has 0 unspecified atom stereocenters. The van der Waals surface area contributed by atoms with Gasteiger partial charge in [0, 0.05) is 17.8 Å². The van der Waals surface area contributed by atoms with Gasteiger partial charge in [-0.2, -0.15) is 8.78 Å². The van der Waals surface area contributed by atoms with Crippen molar-refractivity contribution >= 4 is 27.5 Å². The first-order valence-corrected chi connectivity index (χ1v) is 11.7. The predicted octanol–water partition coefficient (Wildman–Crippen LogP) is 5.18. The Balaban J connectivity index is 0.000000327. The van der Waals surface area contributed by atoms with Crippen LogP contribution >= 0.6 is 11.3 Å². The Morgan fingerprint density at radius 1 is 1.19 bits per heavy atom. The van der Waals surface area contributed by atoms with Crippen LogP contribution in [-0.4, -0.2) is 58.1 Å². The summed E-state index contributed by atoms with van der Waals surface area (Å²) in [6.07, 6.45) is 10.3. The lowest BCUT2D eigenvalue weighted by Gasteiger charge is -2.32. The minimum absolute atomic E-state index is 0.311. The van der Waals surface area contributed by atoms with Crippen LogP contribution < -0.4 is 4.74 Å². The molecular formula is C22H33F2N3O3S. The summed E-state index contributed by atoms with van der Waals surface area (Å²) in [5, 5.41) is 8.70. The monoisotopic (exact) mass is 457 g/mol. The van der Waals surface area contributed by atoms with Gasteiger partial charge in [-0.05, 0) is 64.6 Å². The van der Waals surface area contributed by atoms with Crippen LogP contribution in [0.2, 0.25) is 0 Å². The van der Waals surface area contributed by atoms with Crippen molar-refractivity contribution in [1.82, 2.24) is 14.9 Å². The van der Waals surface area contributed by atoms with Crippen LogP contribution in [0.5, 0.6) is 5.88 Å². The molecule has 0 radical (unpaired) electrons. The van der Waals surface area contributed by atoms with E-state index in [0.29, 0.717) is 19.1 Å². The van der Waals surface area contributed by atoms with Gasteiger partial charge >= 0.3 is 11.9 Å². The first kappa shape index (κ1) is 25.4. The number of halogens is 2. The number of aromatic nitrogens is 2. The highest BCUT2D eigenvalue weighted by atomic mass is 32.1. The molecule has 1 N–H and O–H groups in total. The van der Waals surface area contributed by atoms with Crippen molar-refractivity contribution < 1.29 is 23.4 Å². The molecule has 2 heterocycles. The number of alkyl halides is 2. The number of thiophene rings is 1. The van der Waals surface area contributed by atoms with E-state index < -0.39 is 11.9 Å². The van der Waals surface area contributed by atoms with E-state index in [4.69, 9.17) is 9.84 Å². The molecule has 2 aromatic heterocycles. The Morgan fingerprint density at radius 2 is 1.81 bits per heavy atom. The van der Waals surface area contributed by atoms with Crippen molar-refractivity contribution in [1.29, 1.82) is 0 Å². The number of hydrogen-bond acceptors (Lipinski definition) is 6. The van der Waals surface area contributed by atoms with E-state index in [1.807, 2.05) is 25.2 Å². The van der Waals surface area contributed by atoms with Gasteiger partial charge in [-0.1, -0.05) is 13.8 Å². The van der Waals surface area contributed by atoms with Crippen LogP contribution in [0, 0.1) is 0 Å². The highest BCUT2D eigenvalue weighted by Crippen LogP contribution is 2.40. The maximum Gasteiger partial charge on any atom is 0.374 e. The third kappa shape index (κ3) is 6.55. The van der Waals surface area contributed by atoms with Gasteiger partial charge in [0.05, 0.1) is 5.39 Å². The first-order valence-electron chi connectivity index (χ1n) is 10.9. The van der Waals surface area contributed by atoms with Crippen LogP contribution in [0.1, 0.15) is 63.3 Å². The van der Waals surface area contributed by atoms with E-state index in [1.54, 1.807) is 6.33 Å². The SMILES string of the molecule is CC.CC(F)(F)C(=O)O.CN(C)C1CCC(Oc2ncnc3sc4c(c23)CCC4)CC1. The predicted molar refractivity (Wildman–Crippen MR) is 119 cm³/mol. The largest absolute Gasteiger partial charge is 0.477 e. The molecule has 2 aromatic rings. The highest BCUT2D eigenvalue weighted by Gasteiger charge is 2.31. The number of carboxylic acid groups (broad SMARTS) is 1. The Kier molecular flexibility index (Phi) is 9.12. The number of nitrogens with zero attached hydrogens (tertiary/aromatic N) is 3. The van der Waals surface area contributed by atoms with Gasteiger partial charge in [0.15, 0.2) is 0 Å². The fourth-order valence-corrected chi connectivity index (χ4v) is 5.05. The average molecular weight is 458 g/mol. The van der Waals surface area contributed by atoms with Gasteiger partial charge in [-0.15, -0.1) is 11.3 Å². The summed E-state index contributed by atoms with van der Waals surface area (Å²) in [5.74, 6) is -4.84. The second kappa shape index (κ2) is 11.1. The number of carbonyl (C=O) groups is 1. The molecule has 0 aromatic carbocycles. The number of carboxylic acids is 1. The lowest BCUT2D eigenvalue weighted by Crippen LogP contribution is -2.35. The second-order valence-corrected chi connectivity index (χ2v) is 9.01. The third-order valence-electron chi connectivity index (χ3n) is 5.49. The molecule has 2 aliphatic carbocycles. The molecule has 1 saturated carbocycles. The normalized spacial score (nSPS) is 20.4. The van der Waals surface area contributed by atoms with E-state index in [-0.39, 0.29) is 0 Å². The molecule has 0 amide bonds. The number of aryl methyl sites for hydroxylation is 2. The zero-order valence-electron chi connectivity index (χ0n) is 19.0. The van der Waals surface area contributed by atoms with E-state index in [2.05, 4.69) is 29.0 Å². The van der Waals surface area contributed by atoms with Gasteiger partial charge in [0.25, 0.3) is 0 Å². The molecule has 1 fully saturated rings. The Bertz CT molecular complexity index is 860. The van der Waals surface area contributed by atoms with Crippen LogP contribution in [-0.2, 0) is 17.6 Å². The van der Waals surface area contributed by atoms with E-state index in [9.17, 15) is 13.6 Å². The molecule has 2 aliphatic rings. The standard InChI is InChI=1S/C17H23N3OS.C3H4F2O2.C2H6/c1-20(2)11-6-8-12(9-7-11)21-16-15-13-4-3-5-14(13)22-17(15)19-10-18-16;1-3(4,5)2(6)7;1-2/h10-12H,3-9H2,1-2H3;1H3,(H,6,7);1-2H3. The van der Waals surface area contributed by atoms with Crippen molar-refractivity contribution in [2.75, 3.05) is 14.1 Å². The minimum atomic E-state index is -3.58. The lowest BCUT2D eigenvalue weighted by molar-refractivity contribution is -0.161. The fourth-order valence-electron chi connectivity index (χ4n) is 3.83. The average Bonchev–Trinajstić information content (AvgIpc) is 3.31. The van der Waals surface area contributed by atoms with Gasteiger partial charge in [-0.25, -0.2) is 14.8 Å². The molecule has 4 rings (SSSR count). The first-order chi connectivity index (χ1) is 14.7. The zero-order chi connectivity index (χ0) is 23.2. The van der Waals surface area contributed by atoms with Crippen molar-refractivity contribution in [3.63, 3.8) is 0 Å². The maximum absolute atomic E-state index is 11.2. The maximum atomic E-state index is 11.2. The molecule has 0 atom stereocenters. The molecule has 9 heteroatoms. The fraction of sp³-hybridized carbons (Fsp3) is 0.682. The molecular weight excluding hydrogens is 424 g/mol. The van der Waals surface area contributed by atoms with Crippen molar-refractivity contribution in [2.45, 2.75) is 83.8 Å². The smallest absolute Gasteiger partial charge is 0.374 e. The summed E-state index contributed by atoms with van der Waals surface area (Å²) in [6.45, 7) is 4.33. The molecule has 0 aliphatic heterocycles. The topological polar surface area (TPSA) is 75.5 Å². The van der Waals surface area contributed by atoms with E-state index in [0.717, 1.165) is 30.0 Å². The van der Waals surface area contributed by atoms with E-state index in [1.165, 1.54) is 41.5 Å². The quantitative estimate of drug-likeness (QED) is 0.681. The van der Waals surface area contributed by atoms with Crippen molar-refractivity contribution in [2.24, 2.45) is 0 Å². The Morgan fingerprint density at radius 3 is 2.35 bits per heavy atom. The summed E-state index contributed by atoms with van der Waals surface area (Å²) in [7, 11) is 4.35. The minimum Gasteiger partial charge on any atom is -0.477 e. The van der Waals surface area contributed by atoms with Crippen LogP contribution in [0.15, 0.2) is 6.33 Å². The van der Waals surface area contributed by atoms with Gasteiger partial charge in [-0.3, -0.25) is 0 Å². The van der Waals surface area contributed by atoms with Crippen LogP contribution in [0.25, 0.3) is 10.2 Å². The summed E-state index contributed by atoms with van der Waals surface area (Å²) in [4.78, 5) is 23.1. The highest BCUT2D eigenvalue weighted by molar-refractivity contribution is 7.18. The van der Waals surface area contributed by atoms with Gasteiger partial charge in [0.2, 0.25) is 5.88 Å². The number of ether oxygens (including phenoxy) is 1. The number of fused-ring (bicyclic) bond motifs is 3. The zero-order valence-corrected chi connectivity index (χ0v) is 19.8. The third-order valence-corrected chi connectivity index (χ3v) is 6.69. The number of rotatable bonds is 4. The number of hydrogen-bond donors (Lipinski definition) is 1. The molecule has 31 heavy (non-hydrogen) atoms. The Labute approximate surface area is 186 Å². The summed E-state index contributed by atoms with van der Waals surface area (Å²) >= 11 is 1.83. The summed E-state index contributed by atoms with van der Waals surface area (Å²) in [6, 6.07) is 0.704. The van der Waals surface area contributed by atoms with Gasteiger partial charge in [0.1, 0.15) is 17.3 Å². The molecule has 174 valence electrons. The number of aliphatic carboxylic acids is 1. The molecule has 0 saturated heterocycles. The second-order valence-electron chi connectivity index (χ2n) is 7.92. The van der Waals surface area contributed by atoms with Crippen molar-refractivity contribution in [3.05, 3.63) is 16.8 Å². The lowest BCUT2D eigenvalue weighted by atomic mass is 9.92. The molecule has 6 nitrogen and oxygen atoms in total. The van der Waals surface area contributed by atoms with Crippen LogP contribution in [0.4, 0.5) is 8.78 Å². The van der Waals surface area contributed by atoms with Crippen molar-refractivity contribution in [3.8, 4) is 5.88 Å². The van der Waals surface area contributed by atoms with Gasteiger partial charge < -0.3 is 14.7 Å². The summed E-state index contributed by atoms with van der Waals surface area (Å²) < 4.78 is 28.8. The van der Waals surface area contributed by atoms with E-state index >= 15 is 0 Å². The molecule has 0 bridgehead atoms. The van der Waals surface area contributed by atoms with Crippen LogP contribution in [0.3, 0.4) is 0 Å². The summed E-state index contributed by atoms with van der Waals surface area (Å²) in [5.41, 5.74) is 1.46. The Hall–Kier alpha value is -1.87.